The van der Waals surface area contributed by atoms with Gasteiger partial charge in [-0.25, -0.2) is 4.98 Å². The van der Waals surface area contributed by atoms with E-state index in [9.17, 15) is 5.11 Å². The Hall–Kier alpha value is -0.890. The average molecular weight is 136 g/mol. The zero-order valence-corrected chi connectivity index (χ0v) is 5.67. The van der Waals surface area contributed by atoms with Gasteiger partial charge in [-0.3, -0.25) is 0 Å². The van der Waals surface area contributed by atoms with E-state index < -0.39 is 0 Å². The van der Waals surface area contributed by atoms with Crippen LogP contribution in [0.4, 0.5) is 0 Å². The van der Waals surface area contributed by atoms with E-state index in [-0.39, 0.29) is 6.10 Å². The predicted molar refractivity (Wildman–Crippen MR) is 36.3 cm³/mol. The van der Waals surface area contributed by atoms with Crippen molar-refractivity contribution in [2.75, 3.05) is 0 Å². The molecule has 0 aromatic carbocycles. The van der Waals surface area contributed by atoms with E-state index in [0.717, 1.165) is 18.5 Å². The summed E-state index contributed by atoms with van der Waals surface area (Å²) in [6.07, 6.45) is 3.48. The Morgan fingerprint density at radius 2 is 2.50 bits per heavy atom. The minimum atomic E-state index is -0.254. The van der Waals surface area contributed by atoms with Crippen molar-refractivity contribution < 1.29 is 10.1 Å². The number of nitrogens with one attached hydrogen (secondary N) is 1. The zero-order valence-electron chi connectivity index (χ0n) is 5.67. The van der Waals surface area contributed by atoms with Gasteiger partial charge in [0.1, 0.15) is 6.10 Å². The molecule has 52 valence electrons. The number of aryl methyl sites for hydroxylation is 1. The molecule has 1 aliphatic rings. The van der Waals surface area contributed by atoms with Gasteiger partial charge in [-0.05, 0) is 18.9 Å². The Balaban J connectivity index is 2.51. The van der Waals surface area contributed by atoms with Gasteiger partial charge in [-0.1, -0.05) is 0 Å². The van der Waals surface area contributed by atoms with Gasteiger partial charge < -0.3 is 5.11 Å². The minimum Gasteiger partial charge on any atom is -0.382 e. The van der Waals surface area contributed by atoms with E-state index in [1.54, 1.807) is 0 Å². The smallest absolute Gasteiger partial charge is 0.211 e. The summed E-state index contributed by atoms with van der Waals surface area (Å²) in [6.45, 7) is 0. The van der Waals surface area contributed by atoms with E-state index in [2.05, 4.69) is 11.1 Å². The number of hydrogen-bond donors (Lipinski definition) is 1. The SMILES string of the molecule is OC1CCc2ccc[nH+]c21. The van der Waals surface area contributed by atoms with Gasteiger partial charge in [0.05, 0.1) is 0 Å². The molecule has 0 amide bonds. The van der Waals surface area contributed by atoms with Crippen LogP contribution in [0.15, 0.2) is 18.3 Å². The molecule has 1 aromatic heterocycles. The molecule has 1 atom stereocenters. The van der Waals surface area contributed by atoms with Crippen LogP contribution in [-0.2, 0) is 6.42 Å². The Morgan fingerprint density at radius 1 is 1.60 bits per heavy atom. The second-order valence-electron chi connectivity index (χ2n) is 2.66. The molecular weight excluding hydrogens is 126 g/mol. The number of pyridine rings is 1. The highest BCUT2D eigenvalue weighted by Crippen LogP contribution is 2.25. The van der Waals surface area contributed by atoms with Crippen LogP contribution in [-0.4, -0.2) is 5.11 Å². The maximum atomic E-state index is 9.35. The van der Waals surface area contributed by atoms with Gasteiger partial charge in [0.2, 0.25) is 5.69 Å². The van der Waals surface area contributed by atoms with Crippen molar-refractivity contribution in [3.63, 3.8) is 0 Å². The van der Waals surface area contributed by atoms with E-state index in [4.69, 9.17) is 0 Å². The molecule has 10 heavy (non-hydrogen) atoms. The van der Waals surface area contributed by atoms with Crippen LogP contribution < -0.4 is 4.98 Å². The van der Waals surface area contributed by atoms with Crippen LogP contribution in [0.2, 0.25) is 0 Å². The summed E-state index contributed by atoms with van der Waals surface area (Å²) in [5.74, 6) is 0. The third-order valence-corrected chi connectivity index (χ3v) is 2.00. The highest BCUT2D eigenvalue weighted by Gasteiger charge is 2.25. The van der Waals surface area contributed by atoms with Crippen LogP contribution in [0.25, 0.3) is 0 Å². The highest BCUT2D eigenvalue weighted by atomic mass is 16.3. The fraction of sp³-hybridized carbons (Fsp3) is 0.375. The van der Waals surface area contributed by atoms with Gasteiger partial charge in [-0.15, -0.1) is 0 Å². The second-order valence-corrected chi connectivity index (χ2v) is 2.66. The summed E-state index contributed by atoms with van der Waals surface area (Å²) in [5.41, 5.74) is 2.26. The first-order valence-corrected chi connectivity index (χ1v) is 3.55. The molecule has 2 N–H and O–H groups in total. The van der Waals surface area contributed by atoms with Crippen molar-refractivity contribution in [3.8, 4) is 0 Å². The van der Waals surface area contributed by atoms with E-state index in [1.165, 1.54) is 5.56 Å². The van der Waals surface area contributed by atoms with Crippen molar-refractivity contribution in [1.29, 1.82) is 0 Å². The number of aliphatic hydroxyl groups excluding tert-OH is 1. The van der Waals surface area contributed by atoms with Crippen molar-refractivity contribution >= 4 is 0 Å². The summed E-state index contributed by atoms with van der Waals surface area (Å²) >= 11 is 0. The molecule has 1 unspecified atom stereocenters. The number of aliphatic hydroxyl groups is 1. The van der Waals surface area contributed by atoms with E-state index in [1.807, 2.05) is 12.3 Å². The molecule has 0 aliphatic heterocycles. The van der Waals surface area contributed by atoms with E-state index in [0.29, 0.717) is 0 Å². The summed E-state index contributed by atoms with van der Waals surface area (Å²) in [7, 11) is 0. The number of aromatic nitrogens is 1. The molecule has 2 nitrogen and oxygen atoms in total. The molecule has 0 fully saturated rings. The number of fused-ring (bicyclic) bond motifs is 1. The Bertz CT molecular complexity index is 247. The largest absolute Gasteiger partial charge is 0.382 e. The fourth-order valence-corrected chi connectivity index (χ4v) is 1.45. The van der Waals surface area contributed by atoms with Gasteiger partial charge in [0.15, 0.2) is 6.20 Å². The van der Waals surface area contributed by atoms with Gasteiger partial charge in [0.25, 0.3) is 0 Å². The number of aromatic amines is 1. The molecule has 1 aromatic rings. The molecule has 0 saturated carbocycles. The topological polar surface area (TPSA) is 34.4 Å². The summed E-state index contributed by atoms with van der Waals surface area (Å²) < 4.78 is 0. The summed E-state index contributed by atoms with van der Waals surface area (Å²) in [4.78, 5) is 3.05. The first-order chi connectivity index (χ1) is 4.88. The average Bonchev–Trinajstić information content (AvgIpc) is 2.34. The van der Waals surface area contributed by atoms with Crippen LogP contribution in [0.3, 0.4) is 0 Å². The third-order valence-electron chi connectivity index (χ3n) is 2.00. The number of hydrogen-bond acceptors (Lipinski definition) is 1. The van der Waals surface area contributed by atoms with Crippen LogP contribution >= 0.6 is 0 Å². The molecular formula is C8H10NO+. The lowest BCUT2D eigenvalue weighted by atomic mass is 10.2. The molecule has 1 heterocycles. The molecule has 1 aliphatic carbocycles. The monoisotopic (exact) mass is 136 g/mol. The van der Waals surface area contributed by atoms with Gasteiger partial charge in [-0.2, -0.15) is 0 Å². The maximum absolute atomic E-state index is 9.35. The minimum absolute atomic E-state index is 0.254. The maximum Gasteiger partial charge on any atom is 0.211 e. The molecule has 2 heteroatoms. The first-order valence-electron chi connectivity index (χ1n) is 3.55. The normalized spacial score (nSPS) is 22.7. The second kappa shape index (κ2) is 2.06. The fourth-order valence-electron chi connectivity index (χ4n) is 1.45. The van der Waals surface area contributed by atoms with Crippen LogP contribution in [0.1, 0.15) is 23.8 Å². The van der Waals surface area contributed by atoms with Gasteiger partial charge >= 0.3 is 0 Å². The lowest BCUT2D eigenvalue weighted by Gasteiger charge is -1.92. The van der Waals surface area contributed by atoms with Crippen LogP contribution in [0.5, 0.6) is 0 Å². The summed E-state index contributed by atoms with van der Waals surface area (Å²) in [5, 5.41) is 9.35. The van der Waals surface area contributed by atoms with Crippen LogP contribution in [0, 0.1) is 0 Å². The molecule has 2 rings (SSSR count). The van der Waals surface area contributed by atoms with Gasteiger partial charge in [0, 0.05) is 11.6 Å². The lowest BCUT2D eigenvalue weighted by Crippen LogP contribution is -2.11. The molecule has 0 bridgehead atoms. The third kappa shape index (κ3) is 0.727. The van der Waals surface area contributed by atoms with Crippen molar-refractivity contribution in [3.05, 3.63) is 29.6 Å². The Morgan fingerprint density at radius 3 is 3.30 bits per heavy atom. The highest BCUT2D eigenvalue weighted by molar-refractivity contribution is 5.22. The first kappa shape index (κ1) is 5.86. The Labute approximate surface area is 59.5 Å². The Kier molecular flexibility index (Phi) is 1.21. The van der Waals surface area contributed by atoms with Crippen molar-refractivity contribution in [2.45, 2.75) is 18.9 Å². The standard InChI is InChI=1S/C8H9NO/c10-7-4-3-6-2-1-5-9-8(6)7/h1-2,5,7,10H,3-4H2/p+1. The molecule has 0 radical (unpaired) electrons. The molecule has 0 saturated heterocycles. The number of rotatable bonds is 0. The van der Waals surface area contributed by atoms with Crippen molar-refractivity contribution in [2.24, 2.45) is 0 Å². The summed E-state index contributed by atoms with van der Waals surface area (Å²) in [6, 6.07) is 4.03. The molecule has 0 spiro atoms. The predicted octanol–water partition coefficient (Wildman–Crippen LogP) is 0.480. The van der Waals surface area contributed by atoms with E-state index >= 15 is 0 Å². The van der Waals surface area contributed by atoms with Crippen molar-refractivity contribution in [1.82, 2.24) is 0 Å². The quantitative estimate of drug-likeness (QED) is 0.553. The lowest BCUT2D eigenvalue weighted by molar-refractivity contribution is -0.398. The zero-order chi connectivity index (χ0) is 6.97. The number of H-pyrrole nitrogens is 1.